The molecule has 4 rings (SSSR count). The Morgan fingerprint density at radius 3 is 2.26 bits per heavy atom. The van der Waals surface area contributed by atoms with Gasteiger partial charge in [-0.15, -0.1) is 0 Å². The third kappa shape index (κ3) is 4.58. The minimum absolute atomic E-state index is 0.114. The minimum Gasteiger partial charge on any atom is -0.352 e. The number of amides is 1. The first-order valence-electron chi connectivity index (χ1n) is 10.9. The Kier molecular flexibility index (Phi) is 6.52. The summed E-state index contributed by atoms with van der Waals surface area (Å²) in [6.45, 7) is 4.06. The fourth-order valence-electron chi connectivity index (χ4n) is 3.86. The molecule has 8 nitrogen and oxygen atoms in total. The Labute approximate surface area is 199 Å². The minimum atomic E-state index is -3.70. The summed E-state index contributed by atoms with van der Waals surface area (Å²) in [5.41, 5.74) is 2.47. The lowest BCUT2D eigenvalue weighted by molar-refractivity contribution is 0.0746. The molecule has 1 aromatic heterocycles. The van der Waals surface area contributed by atoms with Crippen molar-refractivity contribution in [2.45, 2.75) is 11.8 Å². The van der Waals surface area contributed by atoms with Gasteiger partial charge < -0.3 is 9.80 Å². The van der Waals surface area contributed by atoms with Crippen LogP contribution in [-0.4, -0.2) is 57.4 Å². The Balaban J connectivity index is 1.43. The highest BCUT2D eigenvalue weighted by Crippen LogP contribution is 2.24. The van der Waals surface area contributed by atoms with Crippen LogP contribution in [0.25, 0.3) is 0 Å². The number of aromatic nitrogens is 1. The van der Waals surface area contributed by atoms with Gasteiger partial charge in [-0.3, -0.25) is 9.10 Å². The maximum atomic E-state index is 13.0. The highest BCUT2D eigenvalue weighted by molar-refractivity contribution is 7.92. The number of carbonyl (C=O) groups is 1. The predicted octanol–water partition coefficient (Wildman–Crippen LogP) is 3.05. The first kappa shape index (κ1) is 23.3. The first-order chi connectivity index (χ1) is 16.3. The molecule has 1 aliphatic heterocycles. The normalized spacial score (nSPS) is 13.9. The molecular weight excluding hydrogens is 450 g/mol. The lowest BCUT2D eigenvalue weighted by Crippen LogP contribution is -2.49. The van der Waals surface area contributed by atoms with Crippen molar-refractivity contribution in [2.75, 3.05) is 42.4 Å². The van der Waals surface area contributed by atoms with E-state index in [4.69, 9.17) is 0 Å². The number of nitrogens with zero attached hydrogens (tertiary/aromatic N) is 5. The summed E-state index contributed by atoms with van der Waals surface area (Å²) in [5, 5.41) is 9.30. The first-order valence-corrected chi connectivity index (χ1v) is 12.3. The summed E-state index contributed by atoms with van der Waals surface area (Å²) < 4.78 is 27.1. The molecule has 0 aliphatic carbocycles. The molecule has 0 saturated carbocycles. The van der Waals surface area contributed by atoms with Gasteiger partial charge in [0, 0.05) is 45.0 Å². The van der Waals surface area contributed by atoms with Gasteiger partial charge >= 0.3 is 0 Å². The predicted molar refractivity (Wildman–Crippen MR) is 130 cm³/mol. The third-order valence-electron chi connectivity index (χ3n) is 5.93. The summed E-state index contributed by atoms with van der Waals surface area (Å²) in [6.07, 6.45) is 1.66. The molecule has 0 spiro atoms. The Bertz CT molecular complexity index is 1320. The molecule has 0 unspecified atom stereocenters. The van der Waals surface area contributed by atoms with Gasteiger partial charge in [0.1, 0.15) is 11.9 Å². The average Bonchev–Trinajstić information content (AvgIpc) is 2.88. The van der Waals surface area contributed by atoms with E-state index < -0.39 is 10.0 Å². The zero-order valence-corrected chi connectivity index (χ0v) is 19.9. The Hall–Kier alpha value is -3.90. The van der Waals surface area contributed by atoms with Crippen molar-refractivity contribution < 1.29 is 13.2 Å². The third-order valence-corrected chi connectivity index (χ3v) is 7.73. The lowest BCUT2D eigenvalue weighted by Gasteiger charge is -2.35. The van der Waals surface area contributed by atoms with Crippen molar-refractivity contribution in [2.24, 2.45) is 0 Å². The topological polar surface area (TPSA) is 97.6 Å². The van der Waals surface area contributed by atoms with Crippen LogP contribution in [0.1, 0.15) is 21.5 Å². The maximum Gasteiger partial charge on any atom is 0.264 e. The number of nitriles is 1. The van der Waals surface area contributed by atoms with E-state index in [-0.39, 0.29) is 10.8 Å². The summed E-state index contributed by atoms with van der Waals surface area (Å²) in [7, 11) is -2.20. The molecule has 0 atom stereocenters. The van der Waals surface area contributed by atoms with Crippen LogP contribution >= 0.6 is 0 Å². The van der Waals surface area contributed by atoms with Gasteiger partial charge in [-0.2, -0.15) is 5.26 Å². The van der Waals surface area contributed by atoms with Crippen molar-refractivity contribution in [1.82, 2.24) is 9.88 Å². The van der Waals surface area contributed by atoms with Crippen LogP contribution in [0, 0.1) is 18.3 Å². The van der Waals surface area contributed by atoms with Crippen molar-refractivity contribution in [3.8, 4) is 6.07 Å². The number of benzene rings is 2. The molecular formula is C25H25N5O3S. The number of anilines is 2. The number of sulfonamides is 1. The van der Waals surface area contributed by atoms with Gasteiger partial charge in [0.05, 0.1) is 16.1 Å². The zero-order chi connectivity index (χ0) is 24.3. The fourth-order valence-corrected chi connectivity index (χ4v) is 5.06. The van der Waals surface area contributed by atoms with Crippen LogP contribution in [0.2, 0.25) is 0 Å². The van der Waals surface area contributed by atoms with Gasteiger partial charge in [0.25, 0.3) is 15.9 Å². The van der Waals surface area contributed by atoms with E-state index in [0.717, 1.165) is 5.56 Å². The molecule has 0 N–H and O–H groups in total. The van der Waals surface area contributed by atoms with Crippen LogP contribution in [-0.2, 0) is 10.0 Å². The number of hydrogen-bond donors (Lipinski definition) is 0. The summed E-state index contributed by atoms with van der Waals surface area (Å²) in [4.78, 5) is 21.3. The summed E-state index contributed by atoms with van der Waals surface area (Å²) >= 11 is 0. The van der Waals surface area contributed by atoms with Crippen LogP contribution in [0.3, 0.4) is 0 Å². The van der Waals surface area contributed by atoms with Crippen LogP contribution in [0.5, 0.6) is 0 Å². The highest BCUT2D eigenvalue weighted by Gasteiger charge is 2.25. The van der Waals surface area contributed by atoms with Crippen molar-refractivity contribution in [3.63, 3.8) is 0 Å². The molecule has 34 heavy (non-hydrogen) atoms. The molecule has 1 fully saturated rings. The Morgan fingerprint density at radius 2 is 1.65 bits per heavy atom. The molecule has 0 bridgehead atoms. The smallest absolute Gasteiger partial charge is 0.264 e. The second-order valence-electron chi connectivity index (χ2n) is 8.10. The molecule has 1 aliphatic rings. The molecule has 3 aromatic rings. The fraction of sp³-hybridized carbons (Fsp3) is 0.240. The lowest BCUT2D eigenvalue weighted by atomic mass is 10.1. The molecule has 2 aromatic carbocycles. The van der Waals surface area contributed by atoms with Crippen molar-refractivity contribution in [1.29, 1.82) is 5.26 Å². The molecule has 2 heterocycles. The highest BCUT2D eigenvalue weighted by atomic mass is 32.2. The van der Waals surface area contributed by atoms with Crippen molar-refractivity contribution >= 4 is 27.4 Å². The number of aryl methyl sites for hydroxylation is 1. The van der Waals surface area contributed by atoms with E-state index in [1.807, 2.05) is 11.8 Å². The molecule has 0 radical (unpaired) electrons. The van der Waals surface area contributed by atoms with Gasteiger partial charge in [0.2, 0.25) is 0 Å². The van der Waals surface area contributed by atoms with E-state index >= 15 is 0 Å². The average molecular weight is 476 g/mol. The number of hydrogen-bond acceptors (Lipinski definition) is 6. The molecule has 1 saturated heterocycles. The summed E-state index contributed by atoms with van der Waals surface area (Å²) in [5.74, 6) is 0.524. The second-order valence-corrected chi connectivity index (χ2v) is 10.1. The van der Waals surface area contributed by atoms with Crippen LogP contribution in [0.4, 0.5) is 11.5 Å². The molecule has 9 heteroatoms. The zero-order valence-electron chi connectivity index (χ0n) is 19.0. The number of rotatable bonds is 5. The molecule has 174 valence electrons. The summed E-state index contributed by atoms with van der Waals surface area (Å²) in [6, 6.07) is 18.9. The van der Waals surface area contributed by atoms with Gasteiger partial charge in [-0.1, -0.05) is 17.7 Å². The van der Waals surface area contributed by atoms with Gasteiger partial charge in [-0.05, 0) is 55.5 Å². The second kappa shape index (κ2) is 9.53. The van der Waals surface area contributed by atoms with E-state index in [9.17, 15) is 18.5 Å². The van der Waals surface area contributed by atoms with Gasteiger partial charge in [0.15, 0.2) is 0 Å². The van der Waals surface area contributed by atoms with Crippen LogP contribution in [0.15, 0.2) is 71.8 Å². The maximum absolute atomic E-state index is 13.0. The molecule has 1 amide bonds. The van der Waals surface area contributed by atoms with Crippen LogP contribution < -0.4 is 9.21 Å². The quantitative estimate of drug-likeness (QED) is 0.563. The number of piperazine rings is 1. The monoisotopic (exact) mass is 475 g/mol. The van der Waals surface area contributed by atoms with E-state index in [0.29, 0.717) is 48.8 Å². The number of pyridine rings is 1. The van der Waals surface area contributed by atoms with E-state index in [1.165, 1.54) is 11.4 Å². The van der Waals surface area contributed by atoms with Gasteiger partial charge in [-0.25, -0.2) is 13.4 Å². The standard InChI is InChI=1S/C25H25N5O3S/c1-19-5-11-23(12-6-19)34(32,33)28(2)22-9-7-20(8-10-22)25(31)30-16-14-29(15-17-30)24-21(18-26)4-3-13-27-24/h3-13H,14-17H2,1-2H3. The Morgan fingerprint density at radius 1 is 1.00 bits per heavy atom. The largest absolute Gasteiger partial charge is 0.352 e. The van der Waals surface area contributed by atoms with E-state index in [1.54, 1.807) is 71.8 Å². The van der Waals surface area contributed by atoms with E-state index in [2.05, 4.69) is 11.1 Å². The SMILES string of the molecule is Cc1ccc(S(=O)(=O)N(C)c2ccc(C(=O)N3CCN(c4ncccc4C#N)CC3)cc2)cc1. The number of carbonyl (C=O) groups excluding carboxylic acids is 1. The van der Waals surface area contributed by atoms with Crippen molar-refractivity contribution in [3.05, 3.63) is 83.6 Å².